The van der Waals surface area contributed by atoms with Crippen LogP contribution in [0.1, 0.15) is 22.1 Å². The fourth-order valence-corrected chi connectivity index (χ4v) is 3.36. The average Bonchev–Trinajstić information content (AvgIpc) is 2.38. The molecule has 112 valence electrons. The minimum absolute atomic E-state index is 0.353. The van der Waals surface area contributed by atoms with Crippen LogP contribution in [0, 0.1) is 0 Å². The minimum atomic E-state index is -4.32. The number of rotatable bonds is 3. The second-order valence-electron chi connectivity index (χ2n) is 4.53. The summed E-state index contributed by atoms with van der Waals surface area (Å²) < 4.78 is 38.3. The van der Waals surface area contributed by atoms with Crippen LogP contribution in [0.2, 0.25) is 5.02 Å². The highest BCUT2D eigenvalue weighted by atomic mass is 79.9. The normalized spacial score (nSPS) is 13.2. The van der Waals surface area contributed by atoms with Gasteiger partial charge in [-0.05, 0) is 41.8 Å². The molecule has 0 saturated carbocycles. The van der Waals surface area contributed by atoms with E-state index in [0.717, 1.165) is 27.7 Å². The fourth-order valence-electron chi connectivity index (χ4n) is 1.90. The van der Waals surface area contributed by atoms with E-state index in [1.807, 2.05) is 0 Å². The summed E-state index contributed by atoms with van der Waals surface area (Å²) in [5.41, 5.74) is 0.927. The van der Waals surface area contributed by atoms with Crippen molar-refractivity contribution in [3.05, 3.63) is 68.7 Å². The molecule has 0 spiro atoms. The Morgan fingerprint density at radius 1 is 1.05 bits per heavy atom. The molecule has 2 aromatic carbocycles. The van der Waals surface area contributed by atoms with E-state index in [4.69, 9.17) is 23.2 Å². The summed E-state index contributed by atoms with van der Waals surface area (Å²) in [6, 6.07) is 10.3. The van der Waals surface area contributed by atoms with Crippen molar-refractivity contribution >= 4 is 39.1 Å². The zero-order chi connectivity index (χ0) is 15.6. The number of alkyl halides is 4. The molecular formula is C15H10BrCl2F3. The molecule has 0 aliphatic carbocycles. The fraction of sp³-hybridized carbons (Fsp3) is 0.200. The molecule has 0 aromatic heterocycles. The van der Waals surface area contributed by atoms with E-state index in [9.17, 15) is 13.2 Å². The lowest BCUT2D eigenvalue weighted by molar-refractivity contribution is -0.137. The Kier molecular flexibility index (Phi) is 5.23. The predicted molar refractivity (Wildman–Crippen MR) is 82.9 cm³/mol. The SMILES string of the molecule is FC(F)(F)c1ccc(CC(Cl)c2ccc(Cl)cc2Br)cc1. The zero-order valence-corrected chi connectivity index (χ0v) is 13.7. The van der Waals surface area contributed by atoms with E-state index < -0.39 is 11.7 Å². The van der Waals surface area contributed by atoms with E-state index in [1.165, 1.54) is 12.1 Å². The number of benzene rings is 2. The molecule has 2 aromatic rings. The molecule has 0 bridgehead atoms. The van der Waals surface area contributed by atoms with Gasteiger partial charge in [-0.3, -0.25) is 0 Å². The van der Waals surface area contributed by atoms with Crippen LogP contribution in [0.4, 0.5) is 13.2 Å². The molecule has 1 unspecified atom stereocenters. The van der Waals surface area contributed by atoms with E-state index in [-0.39, 0.29) is 5.38 Å². The van der Waals surface area contributed by atoms with Gasteiger partial charge in [0.05, 0.1) is 10.9 Å². The second kappa shape index (κ2) is 6.59. The summed E-state index contributed by atoms with van der Waals surface area (Å²) in [7, 11) is 0. The summed E-state index contributed by atoms with van der Waals surface area (Å²) in [5, 5.41) is 0.234. The Morgan fingerprint density at radius 2 is 1.67 bits per heavy atom. The Bertz CT molecular complexity index is 624. The third-order valence-corrected chi connectivity index (χ3v) is 4.31. The molecule has 6 heteroatoms. The molecule has 21 heavy (non-hydrogen) atoms. The highest BCUT2D eigenvalue weighted by molar-refractivity contribution is 9.10. The average molecular weight is 398 g/mol. The zero-order valence-electron chi connectivity index (χ0n) is 10.6. The van der Waals surface area contributed by atoms with Crippen LogP contribution in [0.25, 0.3) is 0 Å². The Morgan fingerprint density at radius 3 is 2.19 bits per heavy atom. The van der Waals surface area contributed by atoms with Crippen LogP contribution in [0.3, 0.4) is 0 Å². The Labute approximate surface area is 139 Å². The van der Waals surface area contributed by atoms with Crippen molar-refractivity contribution in [1.29, 1.82) is 0 Å². The van der Waals surface area contributed by atoms with Crippen molar-refractivity contribution in [3.8, 4) is 0 Å². The van der Waals surface area contributed by atoms with Crippen molar-refractivity contribution in [1.82, 2.24) is 0 Å². The lowest BCUT2D eigenvalue weighted by atomic mass is 10.0. The van der Waals surface area contributed by atoms with Gasteiger partial charge in [0.25, 0.3) is 0 Å². The molecule has 0 amide bonds. The molecule has 0 aliphatic rings. The van der Waals surface area contributed by atoms with Gasteiger partial charge < -0.3 is 0 Å². The summed E-state index contributed by atoms with van der Waals surface area (Å²) in [4.78, 5) is 0. The van der Waals surface area contributed by atoms with Crippen LogP contribution in [0.5, 0.6) is 0 Å². The highest BCUT2D eigenvalue weighted by Gasteiger charge is 2.30. The van der Waals surface area contributed by atoms with Gasteiger partial charge in [0.15, 0.2) is 0 Å². The first-order valence-electron chi connectivity index (χ1n) is 6.02. The van der Waals surface area contributed by atoms with Crippen molar-refractivity contribution in [2.45, 2.75) is 18.0 Å². The third kappa shape index (κ3) is 4.38. The van der Waals surface area contributed by atoms with Gasteiger partial charge in [-0.25, -0.2) is 0 Å². The predicted octanol–water partition coefficient (Wildman–Crippen LogP) is 6.64. The summed E-state index contributed by atoms with van der Waals surface area (Å²) in [6.45, 7) is 0. The number of hydrogen-bond acceptors (Lipinski definition) is 0. The van der Waals surface area contributed by atoms with E-state index in [2.05, 4.69) is 15.9 Å². The van der Waals surface area contributed by atoms with Crippen molar-refractivity contribution in [3.63, 3.8) is 0 Å². The van der Waals surface area contributed by atoms with Crippen LogP contribution in [-0.2, 0) is 12.6 Å². The van der Waals surface area contributed by atoms with Gasteiger partial charge in [0.1, 0.15) is 0 Å². The maximum atomic E-state index is 12.5. The van der Waals surface area contributed by atoms with E-state index in [1.54, 1.807) is 18.2 Å². The van der Waals surface area contributed by atoms with Gasteiger partial charge in [-0.2, -0.15) is 13.2 Å². The van der Waals surface area contributed by atoms with E-state index >= 15 is 0 Å². The quantitative estimate of drug-likeness (QED) is 0.509. The van der Waals surface area contributed by atoms with Crippen molar-refractivity contribution < 1.29 is 13.2 Å². The van der Waals surface area contributed by atoms with Gasteiger partial charge in [0.2, 0.25) is 0 Å². The summed E-state index contributed by atoms with van der Waals surface area (Å²) >= 11 is 15.6. The summed E-state index contributed by atoms with van der Waals surface area (Å²) in [6.07, 6.45) is -3.89. The van der Waals surface area contributed by atoms with Gasteiger partial charge in [-0.1, -0.05) is 45.7 Å². The maximum absolute atomic E-state index is 12.5. The topological polar surface area (TPSA) is 0 Å². The molecular weight excluding hydrogens is 388 g/mol. The largest absolute Gasteiger partial charge is 0.416 e. The second-order valence-corrected chi connectivity index (χ2v) is 6.35. The Balaban J connectivity index is 2.14. The third-order valence-electron chi connectivity index (χ3n) is 3.00. The molecule has 0 nitrogen and oxygen atoms in total. The summed E-state index contributed by atoms with van der Waals surface area (Å²) in [5.74, 6) is 0. The minimum Gasteiger partial charge on any atom is -0.166 e. The van der Waals surface area contributed by atoms with Crippen molar-refractivity contribution in [2.75, 3.05) is 0 Å². The first-order chi connectivity index (χ1) is 9.77. The van der Waals surface area contributed by atoms with Crippen molar-refractivity contribution in [2.24, 2.45) is 0 Å². The molecule has 1 atom stereocenters. The van der Waals surface area contributed by atoms with Crippen LogP contribution < -0.4 is 0 Å². The molecule has 0 radical (unpaired) electrons. The first kappa shape index (κ1) is 16.7. The van der Waals surface area contributed by atoms with E-state index in [0.29, 0.717) is 11.4 Å². The molecule has 0 fully saturated rings. The lowest BCUT2D eigenvalue weighted by Crippen LogP contribution is -2.05. The van der Waals surface area contributed by atoms with Gasteiger partial charge in [-0.15, -0.1) is 11.6 Å². The lowest BCUT2D eigenvalue weighted by Gasteiger charge is -2.13. The Hall–Kier alpha value is -0.710. The van der Waals surface area contributed by atoms with Crippen LogP contribution >= 0.6 is 39.1 Å². The number of halogens is 6. The standard InChI is InChI=1S/C15H10BrCl2F3/c16-13-8-11(17)5-6-12(13)14(18)7-9-1-3-10(4-2-9)15(19,20)21/h1-6,8,14H,7H2. The monoisotopic (exact) mass is 396 g/mol. The van der Waals surface area contributed by atoms with Gasteiger partial charge >= 0.3 is 6.18 Å². The molecule has 0 saturated heterocycles. The smallest absolute Gasteiger partial charge is 0.166 e. The molecule has 2 rings (SSSR count). The molecule has 0 N–H and O–H groups in total. The maximum Gasteiger partial charge on any atom is 0.416 e. The first-order valence-corrected chi connectivity index (χ1v) is 7.63. The van der Waals surface area contributed by atoms with Crippen LogP contribution in [0.15, 0.2) is 46.9 Å². The van der Waals surface area contributed by atoms with Gasteiger partial charge in [0, 0.05) is 9.50 Å². The molecule has 0 heterocycles. The van der Waals surface area contributed by atoms with Crippen LogP contribution in [-0.4, -0.2) is 0 Å². The molecule has 0 aliphatic heterocycles. The number of hydrogen-bond donors (Lipinski definition) is 0. The highest BCUT2D eigenvalue weighted by Crippen LogP contribution is 2.34.